The molecular weight excluding hydrogens is 218 g/mol. The Hall–Kier alpha value is -1.88. The van der Waals surface area contributed by atoms with Crippen LogP contribution in [0.3, 0.4) is 0 Å². The van der Waals surface area contributed by atoms with Crippen LogP contribution in [-0.4, -0.2) is 26.0 Å². The Morgan fingerprint density at radius 1 is 1.33 bits per heavy atom. The molecule has 0 amide bonds. The monoisotopic (exact) mass is 223 g/mol. The third kappa shape index (κ3) is 1.97. The smallest absolute Gasteiger partial charge is 0.352 e. The van der Waals surface area contributed by atoms with Crippen molar-refractivity contribution in [1.29, 1.82) is 0 Å². The van der Waals surface area contributed by atoms with Crippen molar-refractivity contribution in [3.8, 4) is 11.5 Å². The van der Waals surface area contributed by atoms with Gasteiger partial charge >= 0.3 is 5.97 Å². The molecule has 0 fully saturated rings. The molecule has 76 valence electrons. The van der Waals surface area contributed by atoms with Crippen LogP contribution in [0.25, 0.3) is 11.5 Å². The molecule has 2 aromatic rings. The van der Waals surface area contributed by atoms with Gasteiger partial charge in [0.15, 0.2) is 5.82 Å². The lowest BCUT2D eigenvalue weighted by atomic mass is 10.4. The van der Waals surface area contributed by atoms with E-state index >= 15 is 0 Å². The maximum Gasteiger partial charge on any atom is 0.352 e. The number of aromatic carboxylic acids is 1. The minimum atomic E-state index is -1.02. The summed E-state index contributed by atoms with van der Waals surface area (Å²) in [6.45, 7) is 0. The number of hydrogen-bond acceptors (Lipinski definition) is 3. The van der Waals surface area contributed by atoms with Gasteiger partial charge in [-0.2, -0.15) is 0 Å². The maximum atomic E-state index is 10.6. The first-order chi connectivity index (χ1) is 7.16. The Bertz CT molecular complexity index is 492. The maximum absolute atomic E-state index is 10.6. The molecule has 0 aliphatic carbocycles. The Morgan fingerprint density at radius 2 is 2.00 bits per heavy atom. The molecule has 2 rings (SSSR count). The van der Waals surface area contributed by atoms with Crippen LogP contribution in [0.5, 0.6) is 0 Å². The van der Waals surface area contributed by atoms with Crippen molar-refractivity contribution in [3.05, 3.63) is 35.2 Å². The fourth-order valence-electron chi connectivity index (χ4n) is 1.10. The van der Waals surface area contributed by atoms with E-state index in [0.29, 0.717) is 16.5 Å². The molecule has 0 aliphatic heterocycles. The Kier molecular flexibility index (Phi) is 2.39. The number of halogens is 1. The number of carboxylic acids is 1. The molecule has 0 aromatic carbocycles. The standard InChI is InChI=1S/C9H6ClN3O2/c10-5-3-11-8(12-4-5)6-1-2-7(13-6)9(14)15/h1-4,13H,(H,14,15). The molecule has 0 atom stereocenters. The zero-order chi connectivity index (χ0) is 10.8. The number of hydrogen-bond donors (Lipinski definition) is 2. The highest BCUT2D eigenvalue weighted by atomic mass is 35.5. The topological polar surface area (TPSA) is 78.9 Å². The molecule has 5 nitrogen and oxygen atoms in total. The quantitative estimate of drug-likeness (QED) is 0.814. The lowest BCUT2D eigenvalue weighted by Gasteiger charge is -1.95. The molecule has 0 bridgehead atoms. The van der Waals surface area contributed by atoms with Crippen LogP contribution >= 0.6 is 11.6 Å². The number of carboxylic acid groups (broad SMARTS) is 1. The molecule has 2 N–H and O–H groups in total. The minimum Gasteiger partial charge on any atom is -0.477 e. The summed E-state index contributed by atoms with van der Waals surface area (Å²) in [5.41, 5.74) is 0.646. The number of H-pyrrole nitrogens is 1. The van der Waals surface area contributed by atoms with Gasteiger partial charge in [0.05, 0.1) is 10.7 Å². The van der Waals surface area contributed by atoms with E-state index in [0.717, 1.165) is 0 Å². The van der Waals surface area contributed by atoms with E-state index in [-0.39, 0.29) is 5.69 Å². The average molecular weight is 224 g/mol. The van der Waals surface area contributed by atoms with Gasteiger partial charge in [0.1, 0.15) is 5.69 Å². The Balaban J connectivity index is 2.37. The van der Waals surface area contributed by atoms with Crippen LogP contribution in [0.4, 0.5) is 0 Å². The lowest BCUT2D eigenvalue weighted by Crippen LogP contribution is -1.96. The van der Waals surface area contributed by atoms with Gasteiger partial charge in [0.25, 0.3) is 0 Å². The van der Waals surface area contributed by atoms with Crippen LogP contribution in [0, 0.1) is 0 Å². The van der Waals surface area contributed by atoms with Crippen LogP contribution in [0.15, 0.2) is 24.5 Å². The number of nitrogens with one attached hydrogen (secondary N) is 1. The first kappa shape index (κ1) is 9.67. The van der Waals surface area contributed by atoms with Gasteiger partial charge in [0.2, 0.25) is 0 Å². The van der Waals surface area contributed by atoms with E-state index in [2.05, 4.69) is 15.0 Å². The molecule has 2 aromatic heterocycles. The van der Waals surface area contributed by atoms with Crippen molar-refractivity contribution in [1.82, 2.24) is 15.0 Å². The number of carbonyl (C=O) groups is 1. The van der Waals surface area contributed by atoms with E-state index in [1.807, 2.05) is 0 Å². The van der Waals surface area contributed by atoms with Gasteiger partial charge in [0, 0.05) is 12.4 Å². The van der Waals surface area contributed by atoms with E-state index in [1.54, 1.807) is 6.07 Å². The third-order valence-electron chi connectivity index (χ3n) is 1.78. The van der Waals surface area contributed by atoms with Crippen molar-refractivity contribution in [3.63, 3.8) is 0 Å². The highest BCUT2D eigenvalue weighted by Gasteiger charge is 2.08. The summed E-state index contributed by atoms with van der Waals surface area (Å²) in [6, 6.07) is 3.06. The summed E-state index contributed by atoms with van der Waals surface area (Å²) >= 11 is 5.63. The molecule has 6 heteroatoms. The first-order valence-electron chi connectivity index (χ1n) is 4.07. The molecule has 0 radical (unpaired) electrons. The number of nitrogens with zero attached hydrogens (tertiary/aromatic N) is 2. The van der Waals surface area contributed by atoms with Gasteiger partial charge in [-0.05, 0) is 12.1 Å². The fraction of sp³-hybridized carbons (Fsp3) is 0. The molecule has 0 aliphatic rings. The van der Waals surface area contributed by atoms with Gasteiger partial charge in [-0.3, -0.25) is 0 Å². The largest absolute Gasteiger partial charge is 0.477 e. The van der Waals surface area contributed by atoms with Gasteiger partial charge in [-0.1, -0.05) is 11.6 Å². The first-order valence-corrected chi connectivity index (χ1v) is 4.45. The van der Waals surface area contributed by atoms with Crippen LogP contribution < -0.4 is 0 Å². The van der Waals surface area contributed by atoms with Crippen LogP contribution in [0.2, 0.25) is 5.02 Å². The minimum absolute atomic E-state index is 0.101. The zero-order valence-electron chi connectivity index (χ0n) is 7.44. The summed E-state index contributed by atoms with van der Waals surface area (Å²) in [5, 5.41) is 9.13. The molecular formula is C9H6ClN3O2. The van der Waals surface area contributed by atoms with E-state index in [1.165, 1.54) is 18.5 Å². The predicted octanol–water partition coefficient (Wildman–Crippen LogP) is 1.82. The number of aromatic nitrogens is 3. The van der Waals surface area contributed by atoms with Gasteiger partial charge < -0.3 is 10.1 Å². The van der Waals surface area contributed by atoms with Gasteiger partial charge in [-0.25, -0.2) is 14.8 Å². The molecule has 0 saturated carbocycles. The Labute approximate surface area is 89.8 Å². The summed E-state index contributed by atoms with van der Waals surface area (Å²) in [7, 11) is 0. The third-order valence-corrected chi connectivity index (χ3v) is 1.97. The van der Waals surface area contributed by atoms with Gasteiger partial charge in [-0.15, -0.1) is 0 Å². The van der Waals surface area contributed by atoms with Crippen molar-refractivity contribution in [2.45, 2.75) is 0 Å². The van der Waals surface area contributed by atoms with E-state index in [9.17, 15) is 4.79 Å². The summed E-state index contributed by atoms with van der Waals surface area (Å²) in [6.07, 6.45) is 2.90. The second-order valence-electron chi connectivity index (χ2n) is 2.82. The van der Waals surface area contributed by atoms with E-state index < -0.39 is 5.97 Å². The normalized spacial score (nSPS) is 10.2. The van der Waals surface area contributed by atoms with Crippen LogP contribution in [-0.2, 0) is 0 Å². The van der Waals surface area contributed by atoms with Crippen molar-refractivity contribution in [2.75, 3.05) is 0 Å². The van der Waals surface area contributed by atoms with Crippen molar-refractivity contribution < 1.29 is 9.90 Å². The second-order valence-corrected chi connectivity index (χ2v) is 3.25. The fourth-order valence-corrected chi connectivity index (χ4v) is 1.20. The molecule has 0 unspecified atom stereocenters. The highest BCUT2D eigenvalue weighted by Crippen LogP contribution is 2.14. The predicted molar refractivity (Wildman–Crippen MR) is 53.8 cm³/mol. The van der Waals surface area contributed by atoms with Crippen molar-refractivity contribution >= 4 is 17.6 Å². The lowest BCUT2D eigenvalue weighted by molar-refractivity contribution is 0.0691. The second kappa shape index (κ2) is 3.70. The number of aromatic amines is 1. The van der Waals surface area contributed by atoms with Crippen LogP contribution in [0.1, 0.15) is 10.5 Å². The summed E-state index contributed by atoms with van der Waals surface area (Å²) < 4.78 is 0. The molecule has 0 spiro atoms. The Morgan fingerprint density at radius 3 is 2.53 bits per heavy atom. The number of rotatable bonds is 2. The molecule has 2 heterocycles. The average Bonchev–Trinajstić information content (AvgIpc) is 2.68. The van der Waals surface area contributed by atoms with Crippen molar-refractivity contribution in [2.24, 2.45) is 0 Å². The van der Waals surface area contributed by atoms with E-state index in [4.69, 9.17) is 16.7 Å². The molecule has 0 saturated heterocycles. The SMILES string of the molecule is O=C(O)c1ccc(-c2ncc(Cl)cn2)[nH]1. The summed E-state index contributed by atoms with van der Waals surface area (Å²) in [5.74, 6) is -0.609. The molecule has 15 heavy (non-hydrogen) atoms. The highest BCUT2D eigenvalue weighted by molar-refractivity contribution is 6.30. The zero-order valence-corrected chi connectivity index (χ0v) is 8.19. The summed E-state index contributed by atoms with van der Waals surface area (Å²) in [4.78, 5) is 21.2.